The van der Waals surface area contributed by atoms with Gasteiger partial charge in [-0.1, -0.05) is 25.5 Å². The number of nitrogens with one attached hydrogen (secondary N) is 1. The number of halogens is 3. The number of aliphatic hydroxyl groups is 1. The average molecular weight is 344 g/mol. The summed E-state index contributed by atoms with van der Waals surface area (Å²) in [6, 6.07) is 3.55. The van der Waals surface area contributed by atoms with E-state index in [4.69, 9.17) is 0 Å². The number of rotatable bonds is 5. The van der Waals surface area contributed by atoms with Gasteiger partial charge in [-0.05, 0) is 31.0 Å². The van der Waals surface area contributed by atoms with Crippen LogP contribution in [0.5, 0.6) is 0 Å². The molecule has 0 aromatic heterocycles. The summed E-state index contributed by atoms with van der Waals surface area (Å²) in [5.41, 5.74) is -1.94. The fourth-order valence-corrected chi connectivity index (χ4v) is 2.78. The number of benzene rings is 1. The van der Waals surface area contributed by atoms with Gasteiger partial charge in [-0.3, -0.25) is 9.69 Å². The van der Waals surface area contributed by atoms with Gasteiger partial charge in [-0.2, -0.15) is 13.2 Å². The molecule has 0 unspecified atom stereocenters. The summed E-state index contributed by atoms with van der Waals surface area (Å²) in [6.45, 7) is 3.06. The molecular weight excluding hydrogens is 325 g/mol. The first-order valence-electron chi connectivity index (χ1n) is 7.58. The molecule has 0 radical (unpaired) electrons. The van der Waals surface area contributed by atoms with E-state index in [0.717, 1.165) is 17.0 Å². The fraction of sp³-hybridized carbons (Fsp3) is 0.500. The van der Waals surface area contributed by atoms with Crippen LogP contribution < -0.4 is 5.32 Å². The highest BCUT2D eigenvalue weighted by Gasteiger charge is 2.47. The summed E-state index contributed by atoms with van der Waals surface area (Å²) in [6.07, 6.45) is -4.82. The van der Waals surface area contributed by atoms with Crippen LogP contribution in [-0.4, -0.2) is 34.0 Å². The minimum Gasteiger partial charge on any atom is -0.387 e. The SMILES string of the molecule is CCC[C@]1(C)NC(=O)N(C[C@@H](O)c2cccc(C(F)(F)F)c2)C1=O. The maximum Gasteiger partial charge on any atom is 0.416 e. The van der Waals surface area contributed by atoms with Crippen LogP contribution in [0.4, 0.5) is 18.0 Å². The first kappa shape index (κ1) is 18.3. The minimum atomic E-state index is -4.53. The molecule has 1 aliphatic heterocycles. The second kappa shape index (κ2) is 6.43. The summed E-state index contributed by atoms with van der Waals surface area (Å²) in [5.74, 6) is -0.486. The Bertz CT molecular complexity index is 648. The van der Waals surface area contributed by atoms with Crippen LogP contribution in [0.15, 0.2) is 24.3 Å². The van der Waals surface area contributed by atoms with Crippen LogP contribution in [0.25, 0.3) is 0 Å². The zero-order chi connectivity index (χ0) is 18.1. The summed E-state index contributed by atoms with van der Waals surface area (Å²) in [7, 11) is 0. The monoisotopic (exact) mass is 344 g/mol. The summed E-state index contributed by atoms with van der Waals surface area (Å²) in [5, 5.41) is 12.7. The molecule has 1 heterocycles. The van der Waals surface area contributed by atoms with E-state index >= 15 is 0 Å². The average Bonchev–Trinajstić information content (AvgIpc) is 2.70. The highest BCUT2D eigenvalue weighted by Crippen LogP contribution is 2.31. The first-order valence-corrected chi connectivity index (χ1v) is 7.58. The number of carbonyl (C=O) groups excluding carboxylic acids is 2. The van der Waals surface area contributed by atoms with Crippen molar-refractivity contribution < 1.29 is 27.9 Å². The highest BCUT2D eigenvalue weighted by molar-refractivity contribution is 6.06. The molecule has 2 atom stereocenters. The van der Waals surface area contributed by atoms with Crippen LogP contribution in [0.2, 0.25) is 0 Å². The molecule has 1 aromatic rings. The lowest BCUT2D eigenvalue weighted by molar-refractivity contribution is -0.138. The summed E-state index contributed by atoms with van der Waals surface area (Å²) >= 11 is 0. The van der Waals surface area contributed by atoms with Crippen LogP contribution >= 0.6 is 0 Å². The number of amides is 3. The number of carbonyl (C=O) groups is 2. The van der Waals surface area contributed by atoms with Gasteiger partial charge in [0.2, 0.25) is 0 Å². The van der Waals surface area contributed by atoms with E-state index < -0.39 is 41.9 Å². The molecule has 0 bridgehead atoms. The zero-order valence-electron chi connectivity index (χ0n) is 13.4. The highest BCUT2D eigenvalue weighted by atomic mass is 19.4. The van der Waals surface area contributed by atoms with Crippen molar-refractivity contribution in [3.63, 3.8) is 0 Å². The van der Waals surface area contributed by atoms with E-state index in [9.17, 15) is 27.9 Å². The quantitative estimate of drug-likeness (QED) is 0.807. The molecule has 2 rings (SSSR count). The van der Waals surface area contributed by atoms with Crippen LogP contribution in [0.1, 0.15) is 43.9 Å². The molecule has 0 saturated carbocycles. The Morgan fingerprint density at radius 2 is 2.00 bits per heavy atom. The topological polar surface area (TPSA) is 69.6 Å². The van der Waals surface area contributed by atoms with Gasteiger partial charge in [0.05, 0.1) is 18.2 Å². The maximum atomic E-state index is 12.7. The van der Waals surface area contributed by atoms with Crippen molar-refractivity contribution in [3.8, 4) is 0 Å². The van der Waals surface area contributed by atoms with E-state index in [1.807, 2.05) is 6.92 Å². The normalized spacial score (nSPS) is 22.7. The number of alkyl halides is 3. The Labute approximate surface area is 137 Å². The van der Waals surface area contributed by atoms with Crippen molar-refractivity contribution in [2.45, 2.75) is 44.5 Å². The number of hydrogen-bond acceptors (Lipinski definition) is 3. The predicted octanol–water partition coefficient (Wildman–Crippen LogP) is 2.85. The molecule has 1 saturated heterocycles. The third-order valence-corrected chi connectivity index (χ3v) is 4.05. The van der Waals surface area contributed by atoms with Crippen molar-refractivity contribution in [2.24, 2.45) is 0 Å². The summed E-state index contributed by atoms with van der Waals surface area (Å²) in [4.78, 5) is 25.2. The van der Waals surface area contributed by atoms with Crippen LogP contribution in [-0.2, 0) is 11.0 Å². The van der Waals surface area contributed by atoms with E-state index in [1.54, 1.807) is 6.92 Å². The van der Waals surface area contributed by atoms with Gasteiger partial charge in [-0.15, -0.1) is 0 Å². The number of aliphatic hydroxyl groups excluding tert-OH is 1. The first-order chi connectivity index (χ1) is 11.1. The minimum absolute atomic E-state index is 0.00507. The zero-order valence-corrected chi connectivity index (χ0v) is 13.4. The van der Waals surface area contributed by atoms with Gasteiger partial charge in [0, 0.05) is 0 Å². The number of β-amino-alcohol motifs (C(OH)–C–C–N with tert-alkyl or cyclic N) is 1. The van der Waals surface area contributed by atoms with Gasteiger partial charge in [-0.25, -0.2) is 4.79 Å². The summed E-state index contributed by atoms with van der Waals surface area (Å²) < 4.78 is 38.2. The lowest BCUT2D eigenvalue weighted by Gasteiger charge is -2.22. The van der Waals surface area contributed by atoms with Crippen molar-refractivity contribution in [1.82, 2.24) is 10.2 Å². The predicted molar refractivity (Wildman–Crippen MR) is 80.0 cm³/mol. The molecule has 24 heavy (non-hydrogen) atoms. The molecule has 1 aromatic carbocycles. The van der Waals surface area contributed by atoms with Crippen molar-refractivity contribution in [3.05, 3.63) is 35.4 Å². The van der Waals surface area contributed by atoms with Crippen molar-refractivity contribution in [2.75, 3.05) is 6.54 Å². The molecular formula is C16H19F3N2O3. The smallest absolute Gasteiger partial charge is 0.387 e. The molecule has 132 valence electrons. The lowest BCUT2D eigenvalue weighted by Crippen LogP contribution is -2.44. The molecule has 3 amide bonds. The second-order valence-electron chi connectivity index (χ2n) is 6.07. The number of hydrogen-bond donors (Lipinski definition) is 2. The van der Waals surface area contributed by atoms with Gasteiger partial charge >= 0.3 is 12.2 Å². The number of urea groups is 1. The Morgan fingerprint density at radius 1 is 1.33 bits per heavy atom. The van der Waals surface area contributed by atoms with Gasteiger partial charge in [0.1, 0.15) is 5.54 Å². The standard InChI is InChI=1S/C16H19F3N2O3/c1-3-7-15(2)13(23)21(14(24)20-15)9-12(22)10-5-4-6-11(8-10)16(17,18)19/h4-6,8,12,22H,3,7,9H2,1-2H3,(H,20,24)/t12-,15+/m1/s1. The van der Waals surface area contributed by atoms with Crippen LogP contribution in [0, 0.1) is 0 Å². The van der Waals surface area contributed by atoms with E-state index in [-0.39, 0.29) is 5.56 Å². The number of imide groups is 1. The molecule has 1 fully saturated rings. The molecule has 8 heteroatoms. The molecule has 0 spiro atoms. The van der Waals surface area contributed by atoms with E-state index in [0.29, 0.717) is 12.8 Å². The van der Waals surface area contributed by atoms with Gasteiger partial charge in [0.15, 0.2) is 0 Å². The van der Waals surface area contributed by atoms with Crippen molar-refractivity contribution in [1.29, 1.82) is 0 Å². The molecule has 1 aliphatic rings. The van der Waals surface area contributed by atoms with Gasteiger partial charge < -0.3 is 10.4 Å². The molecule has 2 N–H and O–H groups in total. The molecule has 5 nitrogen and oxygen atoms in total. The Hall–Kier alpha value is -2.09. The Morgan fingerprint density at radius 3 is 2.58 bits per heavy atom. The Kier molecular flexibility index (Phi) is 4.89. The number of nitrogens with zero attached hydrogens (tertiary/aromatic N) is 1. The maximum absolute atomic E-state index is 12.7. The lowest BCUT2D eigenvalue weighted by atomic mass is 9.96. The van der Waals surface area contributed by atoms with Crippen LogP contribution in [0.3, 0.4) is 0 Å². The third kappa shape index (κ3) is 3.53. The largest absolute Gasteiger partial charge is 0.416 e. The fourth-order valence-electron chi connectivity index (χ4n) is 2.78. The van der Waals surface area contributed by atoms with Crippen molar-refractivity contribution >= 4 is 11.9 Å². The van der Waals surface area contributed by atoms with E-state index in [2.05, 4.69) is 5.32 Å². The second-order valence-corrected chi connectivity index (χ2v) is 6.07. The van der Waals surface area contributed by atoms with Gasteiger partial charge in [0.25, 0.3) is 5.91 Å². The third-order valence-electron chi connectivity index (χ3n) is 4.05. The Balaban J connectivity index is 2.17. The van der Waals surface area contributed by atoms with E-state index in [1.165, 1.54) is 12.1 Å². The molecule has 0 aliphatic carbocycles.